The minimum absolute atomic E-state index is 0.238. The van der Waals surface area contributed by atoms with E-state index in [2.05, 4.69) is 25.6 Å². The lowest BCUT2D eigenvalue weighted by molar-refractivity contribution is -0.117. The van der Waals surface area contributed by atoms with Gasteiger partial charge in [-0.3, -0.25) is 10.1 Å². The predicted octanol–water partition coefficient (Wildman–Crippen LogP) is 3.29. The monoisotopic (exact) mass is 331 g/mol. The van der Waals surface area contributed by atoms with Crippen molar-refractivity contribution in [3.05, 3.63) is 46.2 Å². The summed E-state index contributed by atoms with van der Waals surface area (Å²) in [5.41, 5.74) is 3.28. The summed E-state index contributed by atoms with van der Waals surface area (Å²) in [6.07, 6.45) is 0. The third-order valence-corrected chi connectivity index (χ3v) is 3.32. The zero-order valence-corrected chi connectivity index (χ0v) is 14.2. The molecule has 2 N–H and O–H groups in total. The quantitative estimate of drug-likeness (QED) is 0.653. The van der Waals surface area contributed by atoms with Crippen molar-refractivity contribution < 1.29 is 4.79 Å². The van der Waals surface area contributed by atoms with E-state index in [0.29, 0.717) is 10.7 Å². The first-order chi connectivity index (χ1) is 10.8. The SMILES string of the molecule is CC(=O)N/C(=N/c1nc(C)cc(C)n1)Nc1ccc(C)c(Cl)c1. The number of hydrogen-bond acceptors (Lipinski definition) is 4. The van der Waals surface area contributed by atoms with Crippen molar-refractivity contribution in [1.29, 1.82) is 0 Å². The number of halogens is 1. The maximum Gasteiger partial charge on any atom is 0.253 e. The fourth-order valence-corrected chi connectivity index (χ4v) is 2.10. The lowest BCUT2D eigenvalue weighted by Gasteiger charge is -2.11. The predicted molar refractivity (Wildman–Crippen MR) is 92.2 cm³/mol. The number of carbonyl (C=O) groups is 1. The fourth-order valence-electron chi connectivity index (χ4n) is 1.92. The number of benzene rings is 1. The number of nitrogens with one attached hydrogen (secondary N) is 2. The second kappa shape index (κ2) is 7.19. The van der Waals surface area contributed by atoms with Gasteiger partial charge in [-0.2, -0.15) is 4.99 Å². The Hall–Kier alpha value is -2.47. The molecule has 1 heterocycles. The first-order valence-corrected chi connectivity index (χ1v) is 7.43. The Morgan fingerprint density at radius 3 is 2.35 bits per heavy atom. The number of nitrogens with zero attached hydrogens (tertiary/aromatic N) is 3. The molecule has 0 unspecified atom stereocenters. The highest BCUT2D eigenvalue weighted by Crippen LogP contribution is 2.20. The molecule has 0 aliphatic carbocycles. The molecule has 120 valence electrons. The summed E-state index contributed by atoms with van der Waals surface area (Å²) < 4.78 is 0. The average Bonchev–Trinajstić information content (AvgIpc) is 2.41. The van der Waals surface area contributed by atoms with Crippen LogP contribution in [0, 0.1) is 20.8 Å². The third-order valence-electron chi connectivity index (χ3n) is 2.91. The maximum absolute atomic E-state index is 11.4. The Bertz CT molecular complexity index is 753. The number of guanidine groups is 1. The average molecular weight is 332 g/mol. The molecule has 6 nitrogen and oxygen atoms in total. The highest BCUT2D eigenvalue weighted by molar-refractivity contribution is 6.31. The standard InChI is InChI=1S/C16H18ClN5O/c1-9-5-6-13(8-14(9)17)21-16(20-12(4)23)22-15-18-10(2)7-11(3)19-15/h5-8H,1-4H3,(H2,18,19,20,21,22,23). The van der Waals surface area contributed by atoms with Crippen LogP contribution in [0.2, 0.25) is 5.02 Å². The Balaban J connectivity index is 2.33. The van der Waals surface area contributed by atoms with Gasteiger partial charge in [0.1, 0.15) is 0 Å². The number of hydrogen-bond donors (Lipinski definition) is 2. The highest BCUT2D eigenvalue weighted by atomic mass is 35.5. The van der Waals surface area contributed by atoms with Crippen LogP contribution in [0.3, 0.4) is 0 Å². The molecule has 0 aliphatic rings. The van der Waals surface area contributed by atoms with Crippen molar-refractivity contribution in [3.8, 4) is 0 Å². The molecule has 0 saturated heterocycles. The molecule has 2 aromatic rings. The molecule has 0 aliphatic heterocycles. The number of carbonyl (C=O) groups excluding carboxylic acids is 1. The van der Waals surface area contributed by atoms with Gasteiger partial charge in [-0.25, -0.2) is 9.97 Å². The number of amides is 1. The van der Waals surface area contributed by atoms with Crippen LogP contribution in [-0.2, 0) is 4.79 Å². The van der Waals surface area contributed by atoms with E-state index >= 15 is 0 Å². The summed E-state index contributed by atoms with van der Waals surface area (Å²) in [7, 11) is 0. The van der Waals surface area contributed by atoms with Crippen LogP contribution in [-0.4, -0.2) is 21.8 Å². The van der Waals surface area contributed by atoms with Gasteiger partial charge in [0.2, 0.25) is 11.9 Å². The van der Waals surface area contributed by atoms with E-state index < -0.39 is 0 Å². The number of aryl methyl sites for hydroxylation is 3. The third kappa shape index (κ3) is 5.03. The molecular formula is C16H18ClN5O. The van der Waals surface area contributed by atoms with Crippen LogP contribution in [0.25, 0.3) is 0 Å². The molecule has 0 saturated carbocycles. The van der Waals surface area contributed by atoms with Crippen LogP contribution in [0.4, 0.5) is 11.6 Å². The number of aromatic nitrogens is 2. The van der Waals surface area contributed by atoms with E-state index in [1.54, 1.807) is 6.07 Å². The minimum atomic E-state index is -0.251. The van der Waals surface area contributed by atoms with Gasteiger partial charge in [0.05, 0.1) is 0 Å². The smallest absolute Gasteiger partial charge is 0.253 e. The molecule has 0 bridgehead atoms. The van der Waals surface area contributed by atoms with Crippen molar-refractivity contribution in [2.75, 3.05) is 5.32 Å². The van der Waals surface area contributed by atoms with Crippen LogP contribution in [0.15, 0.2) is 29.3 Å². The van der Waals surface area contributed by atoms with Crippen molar-refractivity contribution >= 4 is 35.1 Å². The van der Waals surface area contributed by atoms with Crippen LogP contribution in [0.5, 0.6) is 0 Å². The summed E-state index contributed by atoms with van der Waals surface area (Å²) in [4.78, 5) is 24.1. The Kier molecular flexibility index (Phi) is 5.28. The van der Waals surface area contributed by atoms with E-state index in [-0.39, 0.29) is 17.8 Å². The normalized spacial score (nSPS) is 11.3. The second-order valence-electron chi connectivity index (χ2n) is 5.18. The molecule has 0 fully saturated rings. The second-order valence-corrected chi connectivity index (χ2v) is 5.59. The molecule has 7 heteroatoms. The van der Waals surface area contributed by atoms with E-state index in [1.807, 2.05) is 39.0 Å². The molecule has 1 aromatic carbocycles. The summed E-state index contributed by atoms with van der Waals surface area (Å²) in [6.45, 7) is 7.04. The molecular weight excluding hydrogens is 314 g/mol. The Morgan fingerprint density at radius 1 is 1.13 bits per heavy atom. The summed E-state index contributed by atoms with van der Waals surface area (Å²) in [6, 6.07) is 7.34. The van der Waals surface area contributed by atoms with Crippen molar-refractivity contribution in [2.24, 2.45) is 4.99 Å². The van der Waals surface area contributed by atoms with Crippen molar-refractivity contribution in [2.45, 2.75) is 27.7 Å². The Morgan fingerprint density at radius 2 is 1.78 bits per heavy atom. The number of anilines is 1. The van der Waals surface area contributed by atoms with Gasteiger partial charge in [0.25, 0.3) is 5.95 Å². The molecule has 0 spiro atoms. The van der Waals surface area contributed by atoms with E-state index in [1.165, 1.54) is 6.92 Å². The zero-order valence-electron chi connectivity index (χ0n) is 13.4. The first-order valence-electron chi connectivity index (χ1n) is 7.05. The van der Waals surface area contributed by atoms with Gasteiger partial charge in [0.15, 0.2) is 0 Å². The van der Waals surface area contributed by atoms with Gasteiger partial charge in [-0.05, 0) is 44.5 Å². The van der Waals surface area contributed by atoms with Gasteiger partial charge < -0.3 is 5.32 Å². The van der Waals surface area contributed by atoms with E-state index in [9.17, 15) is 4.79 Å². The lowest BCUT2D eigenvalue weighted by atomic mass is 10.2. The minimum Gasteiger partial charge on any atom is -0.326 e. The molecule has 0 radical (unpaired) electrons. The largest absolute Gasteiger partial charge is 0.326 e. The maximum atomic E-state index is 11.4. The van der Waals surface area contributed by atoms with Crippen molar-refractivity contribution in [1.82, 2.24) is 15.3 Å². The topological polar surface area (TPSA) is 79.3 Å². The van der Waals surface area contributed by atoms with Crippen molar-refractivity contribution in [3.63, 3.8) is 0 Å². The van der Waals surface area contributed by atoms with E-state index in [0.717, 1.165) is 17.0 Å². The van der Waals surface area contributed by atoms with Crippen LogP contribution in [0.1, 0.15) is 23.9 Å². The van der Waals surface area contributed by atoms with Gasteiger partial charge in [0, 0.05) is 29.0 Å². The highest BCUT2D eigenvalue weighted by Gasteiger charge is 2.07. The molecule has 0 atom stereocenters. The lowest BCUT2D eigenvalue weighted by Crippen LogP contribution is -2.34. The summed E-state index contributed by atoms with van der Waals surface area (Å²) >= 11 is 6.11. The van der Waals surface area contributed by atoms with E-state index in [4.69, 9.17) is 11.6 Å². The van der Waals surface area contributed by atoms with Crippen LogP contribution < -0.4 is 10.6 Å². The summed E-state index contributed by atoms with van der Waals surface area (Å²) in [5, 5.41) is 6.27. The molecule has 23 heavy (non-hydrogen) atoms. The van der Waals surface area contributed by atoms with Gasteiger partial charge >= 0.3 is 0 Å². The fraction of sp³-hybridized carbons (Fsp3) is 0.250. The molecule has 1 aromatic heterocycles. The first kappa shape index (κ1) is 16.9. The molecule has 1 amide bonds. The number of aliphatic imine (C=N–C) groups is 1. The summed E-state index contributed by atoms with van der Waals surface area (Å²) in [5.74, 6) is 0.262. The Labute approximate surface area is 140 Å². The van der Waals surface area contributed by atoms with Gasteiger partial charge in [-0.15, -0.1) is 0 Å². The number of rotatable bonds is 2. The zero-order chi connectivity index (χ0) is 17.0. The van der Waals surface area contributed by atoms with Crippen LogP contribution >= 0.6 is 11.6 Å². The molecule has 2 rings (SSSR count). The van der Waals surface area contributed by atoms with Gasteiger partial charge in [-0.1, -0.05) is 17.7 Å².